The van der Waals surface area contributed by atoms with Gasteiger partial charge in [0.1, 0.15) is 0 Å². The van der Waals surface area contributed by atoms with Crippen molar-refractivity contribution in [1.82, 2.24) is 4.90 Å². The molecule has 0 aliphatic carbocycles. The number of nitrogens with two attached hydrogens (primary N) is 1. The van der Waals surface area contributed by atoms with E-state index in [2.05, 4.69) is 37.2 Å². The second-order valence-electron chi connectivity index (χ2n) is 4.87. The van der Waals surface area contributed by atoms with Crippen LogP contribution in [0.3, 0.4) is 0 Å². The largest absolute Gasteiger partial charge is 0.478 e. The van der Waals surface area contributed by atoms with Crippen molar-refractivity contribution in [2.45, 2.75) is 18.9 Å². The molecule has 114 valence electrons. The summed E-state index contributed by atoms with van der Waals surface area (Å²) < 4.78 is 1.13. The average molecular weight is 421 g/mol. The predicted molar refractivity (Wildman–Crippen MR) is 86.6 cm³/mol. The Kier molecular flexibility index (Phi) is 5.23. The summed E-state index contributed by atoms with van der Waals surface area (Å²) in [5.41, 5.74) is 6.09. The zero-order valence-corrected chi connectivity index (χ0v) is 14.3. The van der Waals surface area contributed by atoms with Crippen LogP contribution in [0, 0.1) is 0 Å². The molecule has 1 heterocycles. The van der Waals surface area contributed by atoms with Crippen LogP contribution in [0.1, 0.15) is 23.2 Å². The molecule has 0 saturated carbocycles. The lowest BCUT2D eigenvalue weighted by atomic mass is 10.1. The number of carboxylic acid groups (broad SMARTS) is 1. The maximum absolute atomic E-state index is 12.2. The number of carbonyl (C=O) groups is 2. The van der Waals surface area contributed by atoms with E-state index in [0.29, 0.717) is 22.0 Å². The Labute approximate surface area is 138 Å². The molecule has 1 aromatic carbocycles. The summed E-state index contributed by atoms with van der Waals surface area (Å²) in [5.74, 6) is -1.10. The van der Waals surface area contributed by atoms with Crippen LogP contribution in [0.2, 0.25) is 0 Å². The van der Waals surface area contributed by atoms with Crippen molar-refractivity contribution in [3.8, 4) is 0 Å². The van der Waals surface area contributed by atoms with Gasteiger partial charge >= 0.3 is 12.0 Å². The van der Waals surface area contributed by atoms with E-state index in [1.54, 1.807) is 11.0 Å². The Hall–Kier alpha value is -1.12. The molecule has 0 aromatic heterocycles. The first kappa shape index (κ1) is 16.3. The van der Waals surface area contributed by atoms with E-state index in [9.17, 15) is 14.7 Å². The van der Waals surface area contributed by atoms with Crippen LogP contribution < -0.4 is 11.1 Å². The number of anilines is 1. The van der Waals surface area contributed by atoms with E-state index in [1.807, 2.05) is 0 Å². The summed E-state index contributed by atoms with van der Waals surface area (Å²) in [4.78, 5) is 25.2. The number of likely N-dealkylation sites (tertiary alicyclic amines) is 1. The Balaban J connectivity index is 2.19. The van der Waals surface area contributed by atoms with E-state index in [1.165, 1.54) is 6.07 Å². The summed E-state index contributed by atoms with van der Waals surface area (Å²) in [6, 6.07) is 2.96. The molecule has 8 heteroatoms. The van der Waals surface area contributed by atoms with Gasteiger partial charge in [-0.2, -0.15) is 0 Å². The van der Waals surface area contributed by atoms with Gasteiger partial charge in [0.05, 0.1) is 11.3 Å². The highest BCUT2D eigenvalue weighted by Gasteiger charge is 2.23. The van der Waals surface area contributed by atoms with E-state index < -0.39 is 5.97 Å². The number of benzene rings is 1. The van der Waals surface area contributed by atoms with Crippen LogP contribution in [-0.2, 0) is 0 Å². The van der Waals surface area contributed by atoms with Gasteiger partial charge < -0.3 is 21.1 Å². The number of carboxylic acids is 1. The lowest BCUT2D eigenvalue weighted by Crippen LogP contribution is -2.44. The second kappa shape index (κ2) is 6.76. The molecule has 0 bridgehead atoms. The van der Waals surface area contributed by atoms with Gasteiger partial charge in [-0.15, -0.1) is 0 Å². The first-order valence-corrected chi connectivity index (χ1v) is 8.01. The standard InChI is InChI=1S/C13H15Br2N3O3/c14-7-5-9(12(19)20)11(10(15)6-7)17-13(21)18-3-1-8(16)2-4-18/h5-6,8H,1-4,16H2,(H,17,21)(H,19,20). The first-order chi connectivity index (χ1) is 9.88. The normalized spacial score (nSPS) is 15.9. The van der Waals surface area contributed by atoms with Crippen LogP contribution >= 0.6 is 31.9 Å². The third kappa shape index (κ3) is 3.96. The molecule has 4 N–H and O–H groups in total. The van der Waals surface area contributed by atoms with Gasteiger partial charge in [0.2, 0.25) is 0 Å². The van der Waals surface area contributed by atoms with E-state index in [-0.39, 0.29) is 23.3 Å². The quantitative estimate of drug-likeness (QED) is 0.685. The molecule has 0 atom stereocenters. The number of nitrogens with one attached hydrogen (secondary N) is 1. The number of hydrogen-bond donors (Lipinski definition) is 3. The van der Waals surface area contributed by atoms with Gasteiger partial charge in [0.15, 0.2) is 0 Å². The number of rotatable bonds is 2. The van der Waals surface area contributed by atoms with Gasteiger partial charge in [-0.3, -0.25) is 0 Å². The molecular weight excluding hydrogens is 406 g/mol. The van der Waals surface area contributed by atoms with Gasteiger partial charge in [-0.25, -0.2) is 9.59 Å². The predicted octanol–water partition coefficient (Wildman–Crippen LogP) is 2.86. The molecule has 2 amide bonds. The molecule has 2 rings (SSSR count). The topological polar surface area (TPSA) is 95.7 Å². The maximum atomic E-state index is 12.2. The van der Waals surface area contributed by atoms with Crippen LogP contribution in [-0.4, -0.2) is 41.1 Å². The Morgan fingerprint density at radius 2 is 1.90 bits per heavy atom. The van der Waals surface area contributed by atoms with Crippen LogP contribution in [0.15, 0.2) is 21.1 Å². The Morgan fingerprint density at radius 1 is 1.29 bits per heavy atom. The molecule has 0 spiro atoms. The van der Waals surface area contributed by atoms with Crippen molar-refractivity contribution in [2.24, 2.45) is 5.73 Å². The number of nitrogens with zero attached hydrogens (tertiary/aromatic N) is 1. The smallest absolute Gasteiger partial charge is 0.337 e. The summed E-state index contributed by atoms with van der Waals surface area (Å²) in [5, 5.41) is 11.9. The molecular formula is C13H15Br2N3O3. The van der Waals surface area contributed by atoms with Gasteiger partial charge in [0, 0.05) is 28.1 Å². The second-order valence-corrected chi connectivity index (χ2v) is 6.64. The van der Waals surface area contributed by atoms with Gasteiger partial charge in [0.25, 0.3) is 0 Å². The fraction of sp³-hybridized carbons (Fsp3) is 0.385. The van der Waals surface area contributed by atoms with Crippen molar-refractivity contribution in [3.05, 3.63) is 26.6 Å². The molecule has 6 nitrogen and oxygen atoms in total. The number of halogens is 2. The zero-order chi connectivity index (χ0) is 15.6. The summed E-state index contributed by atoms with van der Waals surface area (Å²) in [6.45, 7) is 1.15. The molecule has 1 aromatic rings. The minimum Gasteiger partial charge on any atom is -0.478 e. The number of urea groups is 1. The van der Waals surface area contributed by atoms with Gasteiger partial charge in [-0.1, -0.05) is 15.9 Å². The Bertz CT molecular complexity index is 572. The van der Waals surface area contributed by atoms with E-state index >= 15 is 0 Å². The minimum atomic E-state index is -1.10. The van der Waals surface area contributed by atoms with Crippen LogP contribution in [0.25, 0.3) is 0 Å². The molecule has 1 fully saturated rings. The van der Waals surface area contributed by atoms with Crippen molar-refractivity contribution >= 4 is 49.5 Å². The average Bonchev–Trinajstić information content (AvgIpc) is 2.41. The van der Waals surface area contributed by atoms with E-state index in [4.69, 9.17) is 5.73 Å². The number of carbonyl (C=O) groups excluding carboxylic acids is 1. The van der Waals surface area contributed by atoms with Crippen molar-refractivity contribution in [3.63, 3.8) is 0 Å². The first-order valence-electron chi connectivity index (χ1n) is 6.42. The molecule has 21 heavy (non-hydrogen) atoms. The van der Waals surface area contributed by atoms with Crippen molar-refractivity contribution in [2.75, 3.05) is 18.4 Å². The third-order valence-corrected chi connectivity index (χ3v) is 4.43. The zero-order valence-electron chi connectivity index (χ0n) is 11.1. The van der Waals surface area contributed by atoms with Crippen molar-refractivity contribution < 1.29 is 14.7 Å². The number of piperidine rings is 1. The SMILES string of the molecule is NC1CCN(C(=O)Nc2c(Br)cc(Br)cc2C(=O)O)CC1. The van der Waals surface area contributed by atoms with Crippen LogP contribution in [0.5, 0.6) is 0 Å². The molecule has 1 saturated heterocycles. The van der Waals surface area contributed by atoms with Crippen molar-refractivity contribution in [1.29, 1.82) is 0 Å². The summed E-state index contributed by atoms with van der Waals surface area (Å²) >= 11 is 6.52. The highest BCUT2D eigenvalue weighted by atomic mass is 79.9. The highest BCUT2D eigenvalue weighted by Crippen LogP contribution is 2.31. The fourth-order valence-electron chi connectivity index (χ4n) is 2.16. The molecule has 0 radical (unpaired) electrons. The number of amides is 2. The summed E-state index contributed by atoms with van der Waals surface area (Å²) in [7, 11) is 0. The molecule has 1 aliphatic heterocycles. The monoisotopic (exact) mass is 419 g/mol. The number of aromatic carboxylic acids is 1. The minimum absolute atomic E-state index is 0.0262. The third-order valence-electron chi connectivity index (χ3n) is 3.34. The van der Waals surface area contributed by atoms with Crippen LogP contribution in [0.4, 0.5) is 10.5 Å². The Morgan fingerprint density at radius 3 is 2.48 bits per heavy atom. The highest BCUT2D eigenvalue weighted by molar-refractivity contribution is 9.11. The molecule has 1 aliphatic rings. The van der Waals surface area contributed by atoms with E-state index in [0.717, 1.165) is 12.8 Å². The molecule has 0 unspecified atom stereocenters. The number of hydrogen-bond acceptors (Lipinski definition) is 3. The maximum Gasteiger partial charge on any atom is 0.337 e. The lowest BCUT2D eigenvalue weighted by molar-refractivity contribution is 0.0698. The lowest BCUT2D eigenvalue weighted by Gasteiger charge is -2.30. The summed E-state index contributed by atoms with van der Waals surface area (Å²) in [6.07, 6.45) is 1.50. The fourth-order valence-corrected chi connectivity index (χ4v) is 3.48. The van der Waals surface area contributed by atoms with Gasteiger partial charge in [-0.05, 0) is 40.9 Å².